The zero-order chi connectivity index (χ0) is 25.7. The molecule has 2 aliphatic rings. The van der Waals surface area contributed by atoms with Crippen LogP contribution in [0.25, 0.3) is 22.6 Å². The van der Waals surface area contributed by atoms with Crippen LogP contribution in [-0.2, 0) is 23.2 Å². The topological polar surface area (TPSA) is 108 Å². The molecule has 0 aromatic carbocycles. The number of fused-ring (bicyclic) bond motifs is 3. The SMILES string of the molecule is CN=C(C=CN)Nc1cc(-c2cc3n(c2)CC(F)(F)Cn2c-3nnc2C2(C(F)F)COC2)c(Cl)cn1. The Morgan fingerprint density at radius 3 is 2.69 bits per heavy atom. The minimum absolute atomic E-state index is 0.0670. The molecule has 0 saturated carbocycles. The Morgan fingerprint density at radius 1 is 1.28 bits per heavy atom. The van der Waals surface area contributed by atoms with Crippen molar-refractivity contribution >= 4 is 23.3 Å². The minimum atomic E-state index is -3.25. The lowest BCUT2D eigenvalue weighted by Gasteiger charge is -2.39. The van der Waals surface area contributed by atoms with Crippen molar-refractivity contribution in [3.05, 3.63) is 47.6 Å². The van der Waals surface area contributed by atoms with Crippen molar-refractivity contribution in [1.82, 2.24) is 24.3 Å². The van der Waals surface area contributed by atoms with Crippen LogP contribution < -0.4 is 11.1 Å². The number of aliphatic imine (C=N–C) groups is 1. The van der Waals surface area contributed by atoms with Gasteiger partial charge in [-0.05, 0) is 24.4 Å². The summed E-state index contributed by atoms with van der Waals surface area (Å²) in [4.78, 5) is 8.26. The summed E-state index contributed by atoms with van der Waals surface area (Å²) < 4.78 is 65.3. The van der Waals surface area contributed by atoms with E-state index in [1.807, 2.05) is 0 Å². The van der Waals surface area contributed by atoms with Crippen molar-refractivity contribution in [2.45, 2.75) is 30.9 Å². The van der Waals surface area contributed by atoms with Crippen LogP contribution in [0.5, 0.6) is 0 Å². The molecular formula is C22H21ClF4N8O. The van der Waals surface area contributed by atoms with E-state index in [1.54, 1.807) is 25.3 Å². The Morgan fingerprint density at radius 2 is 2.06 bits per heavy atom. The molecule has 5 heterocycles. The van der Waals surface area contributed by atoms with E-state index < -0.39 is 30.9 Å². The van der Waals surface area contributed by atoms with Crippen LogP contribution in [0.4, 0.5) is 23.4 Å². The van der Waals surface area contributed by atoms with E-state index in [9.17, 15) is 8.78 Å². The van der Waals surface area contributed by atoms with E-state index in [2.05, 4.69) is 25.5 Å². The number of amidine groups is 1. The molecule has 5 rings (SSSR count). The van der Waals surface area contributed by atoms with Crippen LogP contribution in [0.1, 0.15) is 5.82 Å². The van der Waals surface area contributed by atoms with Gasteiger partial charge in [-0.25, -0.2) is 22.5 Å². The normalized spacial score (nSPS) is 18.6. The van der Waals surface area contributed by atoms with Gasteiger partial charge < -0.3 is 24.9 Å². The summed E-state index contributed by atoms with van der Waals surface area (Å²) in [5.41, 5.74) is 4.97. The maximum atomic E-state index is 15.0. The number of ether oxygens (including phenoxy) is 1. The van der Waals surface area contributed by atoms with Gasteiger partial charge in [-0.15, -0.1) is 10.2 Å². The fourth-order valence-corrected chi connectivity index (χ4v) is 4.53. The lowest BCUT2D eigenvalue weighted by Crippen LogP contribution is -2.54. The third-order valence-corrected chi connectivity index (χ3v) is 6.47. The van der Waals surface area contributed by atoms with Crippen molar-refractivity contribution < 1.29 is 22.3 Å². The molecule has 0 radical (unpaired) electrons. The number of alkyl halides is 4. The Labute approximate surface area is 207 Å². The van der Waals surface area contributed by atoms with E-state index >= 15 is 8.78 Å². The summed E-state index contributed by atoms with van der Waals surface area (Å²) in [7, 11) is 1.57. The average Bonchev–Trinajstić information content (AvgIpc) is 3.34. The highest BCUT2D eigenvalue weighted by Crippen LogP contribution is 2.42. The first kappa shape index (κ1) is 24.3. The van der Waals surface area contributed by atoms with Crippen molar-refractivity contribution in [2.24, 2.45) is 10.7 Å². The van der Waals surface area contributed by atoms with Crippen molar-refractivity contribution in [1.29, 1.82) is 0 Å². The van der Waals surface area contributed by atoms with E-state index in [1.165, 1.54) is 23.2 Å². The second-order valence-electron chi connectivity index (χ2n) is 8.62. The number of halogens is 5. The molecule has 0 aliphatic carbocycles. The summed E-state index contributed by atoms with van der Waals surface area (Å²) in [6, 6.07) is 3.26. The molecule has 0 amide bonds. The third kappa shape index (κ3) is 4.01. The highest BCUT2D eigenvalue weighted by molar-refractivity contribution is 6.33. The van der Waals surface area contributed by atoms with Gasteiger partial charge in [0.25, 0.3) is 12.3 Å². The number of nitrogens with one attached hydrogen (secondary N) is 1. The van der Waals surface area contributed by atoms with Gasteiger partial charge in [-0.1, -0.05) is 11.6 Å². The Balaban J connectivity index is 1.59. The first-order valence-electron chi connectivity index (χ1n) is 10.8. The van der Waals surface area contributed by atoms with Crippen molar-refractivity contribution in [3.8, 4) is 22.6 Å². The lowest BCUT2D eigenvalue weighted by molar-refractivity contribution is -0.140. The highest BCUT2D eigenvalue weighted by atomic mass is 35.5. The van der Waals surface area contributed by atoms with Crippen LogP contribution in [0.2, 0.25) is 5.02 Å². The molecule has 36 heavy (non-hydrogen) atoms. The number of hydrogen-bond donors (Lipinski definition) is 2. The van der Waals surface area contributed by atoms with E-state index in [4.69, 9.17) is 22.1 Å². The fraction of sp³-hybridized carbons (Fsp3) is 0.364. The number of nitrogens with two attached hydrogens (primary N) is 1. The molecule has 1 saturated heterocycles. The van der Waals surface area contributed by atoms with Crippen LogP contribution in [0.15, 0.2) is 41.8 Å². The molecule has 1 fully saturated rings. The molecule has 0 unspecified atom stereocenters. The maximum Gasteiger partial charge on any atom is 0.283 e. The number of hydrogen-bond acceptors (Lipinski definition) is 6. The van der Waals surface area contributed by atoms with Crippen LogP contribution in [0.3, 0.4) is 0 Å². The van der Waals surface area contributed by atoms with Gasteiger partial charge in [-0.2, -0.15) is 0 Å². The van der Waals surface area contributed by atoms with Crippen LogP contribution >= 0.6 is 11.6 Å². The Bertz CT molecular complexity index is 1360. The lowest BCUT2D eigenvalue weighted by atomic mass is 9.85. The van der Waals surface area contributed by atoms with Gasteiger partial charge in [-0.3, -0.25) is 4.99 Å². The summed E-state index contributed by atoms with van der Waals surface area (Å²) in [6.07, 6.45) is 2.95. The summed E-state index contributed by atoms with van der Waals surface area (Å²) in [5.74, 6) is -2.55. The third-order valence-electron chi connectivity index (χ3n) is 6.17. The molecule has 190 valence electrons. The van der Waals surface area contributed by atoms with Gasteiger partial charge in [0.2, 0.25) is 0 Å². The molecule has 0 bridgehead atoms. The van der Waals surface area contributed by atoms with Gasteiger partial charge in [0.05, 0.1) is 37.0 Å². The van der Waals surface area contributed by atoms with Gasteiger partial charge in [0.15, 0.2) is 5.82 Å². The fourth-order valence-electron chi connectivity index (χ4n) is 4.31. The van der Waals surface area contributed by atoms with Crippen molar-refractivity contribution in [2.75, 3.05) is 25.6 Å². The number of rotatable bonds is 5. The molecule has 3 N–H and O–H groups in total. The minimum Gasteiger partial charge on any atom is -0.404 e. The zero-order valence-electron chi connectivity index (χ0n) is 18.9. The van der Waals surface area contributed by atoms with E-state index in [-0.39, 0.29) is 29.9 Å². The second-order valence-corrected chi connectivity index (χ2v) is 9.03. The molecular weight excluding hydrogens is 504 g/mol. The summed E-state index contributed by atoms with van der Waals surface area (Å²) in [5, 5.41) is 11.2. The number of aromatic nitrogens is 5. The Hall–Kier alpha value is -3.45. The Kier molecular flexibility index (Phi) is 5.99. The van der Waals surface area contributed by atoms with Gasteiger partial charge >= 0.3 is 0 Å². The first-order chi connectivity index (χ1) is 17.2. The van der Waals surface area contributed by atoms with Crippen molar-refractivity contribution in [3.63, 3.8) is 0 Å². The van der Waals surface area contributed by atoms with Gasteiger partial charge in [0.1, 0.15) is 22.9 Å². The predicted octanol–water partition coefficient (Wildman–Crippen LogP) is 3.56. The second kappa shape index (κ2) is 8.89. The van der Waals surface area contributed by atoms with Crippen LogP contribution in [0, 0.1) is 0 Å². The number of pyridine rings is 1. The smallest absolute Gasteiger partial charge is 0.283 e. The number of anilines is 1. The molecule has 0 atom stereocenters. The molecule has 14 heteroatoms. The summed E-state index contributed by atoms with van der Waals surface area (Å²) >= 11 is 6.40. The standard InChI is InChI=1S/C22H21ClF4N8O/c1-29-16(2-3-28)31-17-5-13(14(23)6-30-17)12-4-15-18-32-33-20(21(19(24)25)10-36-11-21)35(18)9-22(26,27)8-34(15)7-12/h2-7,19H,8-11,28H2,1H3,(H,29,30,31). The molecule has 2 aliphatic heterocycles. The van der Waals surface area contributed by atoms with E-state index in [0.717, 1.165) is 4.57 Å². The van der Waals surface area contributed by atoms with E-state index in [0.29, 0.717) is 28.5 Å². The number of nitrogens with zero attached hydrogens (tertiary/aromatic N) is 6. The predicted molar refractivity (Wildman–Crippen MR) is 125 cm³/mol. The molecule has 3 aromatic heterocycles. The highest BCUT2D eigenvalue weighted by Gasteiger charge is 2.54. The van der Waals surface area contributed by atoms with Crippen LogP contribution in [-0.4, -0.2) is 62.8 Å². The maximum absolute atomic E-state index is 15.0. The quantitative estimate of drug-likeness (QED) is 0.300. The summed E-state index contributed by atoms with van der Waals surface area (Å²) in [6.45, 7) is -2.13. The molecule has 3 aromatic rings. The molecule has 9 nitrogen and oxygen atoms in total. The largest absolute Gasteiger partial charge is 0.404 e. The van der Waals surface area contributed by atoms with Gasteiger partial charge in [0, 0.05) is 30.6 Å². The first-order valence-corrected chi connectivity index (χ1v) is 11.2. The molecule has 0 spiro atoms. The monoisotopic (exact) mass is 524 g/mol. The zero-order valence-corrected chi connectivity index (χ0v) is 19.7. The average molecular weight is 525 g/mol.